The molecule has 1 aromatic carbocycles. The van der Waals surface area contributed by atoms with Gasteiger partial charge in [-0.25, -0.2) is 0 Å². The van der Waals surface area contributed by atoms with Gasteiger partial charge in [0.05, 0.1) is 12.0 Å². The zero-order valence-corrected chi connectivity index (χ0v) is 9.63. The third-order valence-electron chi connectivity index (χ3n) is 2.14. The number of hydrogen-bond donors (Lipinski definition) is 3. The quantitative estimate of drug-likeness (QED) is 0.720. The summed E-state index contributed by atoms with van der Waals surface area (Å²) in [6, 6.07) is 2.98. The van der Waals surface area contributed by atoms with E-state index in [1.165, 1.54) is 6.07 Å². The van der Waals surface area contributed by atoms with Crippen LogP contribution in [0.15, 0.2) is 12.1 Å². The highest BCUT2D eigenvalue weighted by Gasteiger charge is 2.21. The Morgan fingerprint density at radius 1 is 1.33 bits per heavy atom. The van der Waals surface area contributed by atoms with Gasteiger partial charge in [-0.2, -0.15) is 0 Å². The smallest absolute Gasteiger partial charge is 0.124 e. The number of phenols is 1. The number of aliphatic hydroxyl groups excluding tert-OH is 2. The summed E-state index contributed by atoms with van der Waals surface area (Å²) in [6.07, 6.45) is -2.37. The average molecular weight is 251 g/mol. The van der Waals surface area contributed by atoms with Crippen molar-refractivity contribution in [1.82, 2.24) is 0 Å². The number of benzene rings is 1. The van der Waals surface area contributed by atoms with E-state index in [-0.39, 0.29) is 17.2 Å². The molecule has 0 aliphatic rings. The van der Waals surface area contributed by atoms with Gasteiger partial charge in [-0.15, -0.1) is 11.6 Å². The van der Waals surface area contributed by atoms with Gasteiger partial charge < -0.3 is 15.3 Å². The first-order valence-corrected chi connectivity index (χ1v) is 5.29. The second kappa shape index (κ2) is 5.03. The minimum atomic E-state index is -1.24. The number of aliphatic hydroxyl groups is 2. The van der Waals surface area contributed by atoms with E-state index in [0.29, 0.717) is 10.6 Å². The fraction of sp³-hybridized carbons (Fsp3) is 0.400. The summed E-state index contributed by atoms with van der Waals surface area (Å²) in [6.45, 7) is 1.66. The number of hydrogen-bond acceptors (Lipinski definition) is 3. The zero-order valence-electron chi connectivity index (χ0n) is 8.11. The van der Waals surface area contributed by atoms with E-state index in [9.17, 15) is 15.3 Å². The van der Waals surface area contributed by atoms with Gasteiger partial charge in [0.2, 0.25) is 0 Å². The molecule has 84 valence electrons. The molecule has 15 heavy (non-hydrogen) atoms. The van der Waals surface area contributed by atoms with E-state index in [4.69, 9.17) is 23.2 Å². The Morgan fingerprint density at radius 3 is 2.47 bits per heavy atom. The van der Waals surface area contributed by atoms with E-state index in [2.05, 4.69) is 0 Å². The van der Waals surface area contributed by atoms with Crippen molar-refractivity contribution < 1.29 is 15.3 Å². The molecule has 2 atom stereocenters. The maximum absolute atomic E-state index is 9.67. The van der Waals surface area contributed by atoms with Crippen LogP contribution in [0.1, 0.15) is 17.2 Å². The Bertz CT molecular complexity index is 355. The molecule has 0 saturated heterocycles. The number of halogens is 2. The highest BCUT2D eigenvalue weighted by molar-refractivity contribution is 6.30. The highest BCUT2D eigenvalue weighted by Crippen LogP contribution is 2.32. The molecule has 0 heterocycles. The van der Waals surface area contributed by atoms with Gasteiger partial charge in [0, 0.05) is 10.6 Å². The van der Waals surface area contributed by atoms with E-state index in [0.717, 1.165) is 0 Å². The molecule has 0 aromatic heterocycles. The molecule has 0 amide bonds. The monoisotopic (exact) mass is 250 g/mol. The van der Waals surface area contributed by atoms with Crippen LogP contribution in [0.3, 0.4) is 0 Å². The molecule has 0 aliphatic carbocycles. The van der Waals surface area contributed by atoms with Gasteiger partial charge in [-0.05, 0) is 24.6 Å². The molecule has 0 aliphatic heterocycles. The Morgan fingerprint density at radius 2 is 1.93 bits per heavy atom. The lowest BCUT2D eigenvalue weighted by Crippen LogP contribution is -2.19. The molecule has 3 nitrogen and oxygen atoms in total. The topological polar surface area (TPSA) is 60.7 Å². The lowest BCUT2D eigenvalue weighted by Gasteiger charge is -2.18. The van der Waals surface area contributed by atoms with Crippen molar-refractivity contribution in [3.63, 3.8) is 0 Å². The molecule has 5 heteroatoms. The summed E-state index contributed by atoms with van der Waals surface area (Å²) >= 11 is 11.2. The molecule has 0 radical (unpaired) electrons. The first-order chi connectivity index (χ1) is 6.97. The van der Waals surface area contributed by atoms with Crippen LogP contribution < -0.4 is 0 Å². The van der Waals surface area contributed by atoms with Crippen molar-refractivity contribution in [2.24, 2.45) is 0 Å². The van der Waals surface area contributed by atoms with Crippen LogP contribution in [0.2, 0.25) is 5.02 Å². The predicted molar refractivity (Wildman–Crippen MR) is 59.5 cm³/mol. The number of alkyl halides is 1. The standard InChI is InChI=1S/C10H12Cl2O3/c1-5-2-6(12)3-7(9(5)14)10(15)8(13)4-11/h2-3,8,10,13-15H,4H2,1H3. The summed E-state index contributed by atoms with van der Waals surface area (Å²) in [5, 5.41) is 29.1. The highest BCUT2D eigenvalue weighted by atomic mass is 35.5. The van der Waals surface area contributed by atoms with Crippen molar-refractivity contribution in [3.05, 3.63) is 28.3 Å². The summed E-state index contributed by atoms with van der Waals surface area (Å²) in [7, 11) is 0. The van der Waals surface area contributed by atoms with Gasteiger partial charge in [0.25, 0.3) is 0 Å². The fourth-order valence-electron chi connectivity index (χ4n) is 1.28. The number of aryl methyl sites for hydroxylation is 1. The maximum atomic E-state index is 9.67. The minimum Gasteiger partial charge on any atom is -0.507 e. The predicted octanol–water partition coefficient (Wildman–Crippen LogP) is 1.99. The molecule has 1 rings (SSSR count). The molecule has 0 saturated carbocycles. The van der Waals surface area contributed by atoms with Crippen LogP contribution in [-0.2, 0) is 0 Å². The molecule has 0 bridgehead atoms. The normalized spacial score (nSPS) is 15.0. The zero-order chi connectivity index (χ0) is 11.6. The van der Waals surface area contributed by atoms with Gasteiger partial charge in [-0.1, -0.05) is 11.6 Å². The Labute approximate surface area is 97.9 Å². The van der Waals surface area contributed by atoms with Gasteiger partial charge in [0.15, 0.2) is 0 Å². The van der Waals surface area contributed by atoms with Crippen molar-refractivity contribution >= 4 is 23.2 Å². The summed E-state index contributed by atoms with van der Waals surface area (Å²) in [4.78, 5) is 0. The van der Waals surface area contributed by atoms with Gasteiger partial charge in [-0.3, -0.25) is 0 Å². The van der Waals surface area contributed by atoms with Crippen LogP contribution in [0.5, 0.6) is 5.75 Å². The lowest BCUT2D eigenvalue weighted by molar-refractivity contribution is 0.0312. The molecular formula is C10H12Cl2O3. The Balaban J connectivity index is 3.13. The number of aromatic hydroxyl groups is 1. The Kier molecular flexibility index (Phi) is 4.22. The molecule has 1 aromatic rings. The maximum Gasteiger partial charge on any atom is 0.124 e. The van der Waals surface area contributed by atoms with E-state index < -0.39 is 12.2 Å². The summed E-state index contributed by atoms with van der Waals surface area (Å²) < 4.78 is 0. The first-order valence-electron chi connectivity index (χ1n) is 4.38. The Hall–Kier alpha value is -0.480. The van der Waals surface area contributed by atoms with Crippen LogP contribution in [-0.4, -0.2) is 27.3 Å². The third-order valence-corrected chi connectivity index (χ3v) is 2.67. The summed E-state index contributed by atoms with van der Waals surface area (Å²) in [5.41, 5.74) is 0.728. The van der Waals surface area contributed by atoms with Gasteiger partial charge in [0.1, 0.15) is 11.9 Å². The van der Waals surface area contributed by atoms with Gasteiger partial charge >= 0.3 is 0 Å². The minimum absolute atomic E-state index is 0.0731. The molecular weight excluding hydrogens is 239 g/mol. The molecule has 2 unspecified atom stereocenters. The number of rotatable bonds is 3. The van der Waals surface area contributed by atoms with Crippen LogP contribution in [0, 0.1) is 6.92 Å². The summed E-state index contributed by atoms with van der Waals surface area (Å²) in [5.74, 6) is -0.192. The van der Waals surface area contributed by atoms with Crippen LogP contribution in [0.4, 0.5) is 0 Å². The van der Waals surface area contributed by atoms with Crippen molar-refractivity contribution in [3.8, 4) is 5.75 Å². The second-order valence-corrected chi connectivity index (χ2v) is 4.07. The van der Waals surface area contributed by atoms with Crippen LogP contribution >= 0.6 is 23.2 Å². The van der Waals surface area contributed by atoms with E-state index >= 15 is 0 Å². The first kappa shape index (κ1) is 12.6. The van der Waals surface area contributed by atoms with E-state index in [1.54, 1.807) is 13.0 Å². The van der Waals surface area contributed by atoms with Crippen molar-refractivity contribution in [1.29, 1.82) is 0 Å². The molecule has 0 spiro atoms. The third kappa shape index (κ3) is 2.75. The molecule has 0 fully saturated rings. The van der Waals surface area contributed by atoms with Crippen molar-refractivity contribution in [2.45, 2.75) is 19.1 Å². The SMILES string of the molecule is Cc1cc(Cl)cc(C(O)C(O)CCl)c1O. The lowest BCUT2D eigenvalue weighted by atomic mass is 10.0. The van der Waals surface area contributed by atoms with Crippen LogP contribution in [0.25, 0.3) is 0 Å². The van der Waals surface area contributed by atoms with E-state index in [1.807, 2.05) is 0 Å². The average Bonchev–Trinajstić information content (AvgIpc) is 2.21. The molecule has 3 N–H and O–H groups in total. The largest absolute Gasteiger partial charge is 0.507 e. The van der Waals surface area contributed by atoms with Crippen molar-refractivity contribution in [2.75, 3.05) is 5.88 Å². The second-order valence-electron chi connectivity index (χ2n) is 3.33. The fourth-order valence-corrected chi connectivity index (χ4v) is 1.73. The number of phenolic OH excluding ortho intramolecular Hbond substituents is 1.